The molecule has 3 nitrogen and oxygen atoms in total. The molecule has 1 aromatic rings. The molecule has 0 aromatic heterocycles. The van der Waals surface area contributed by atoms with Gasteiger partial charge in [-0.1, -0.05) is 11.6 Å². The molecule has 0 aliphatic rings. The van der Waals surface area contributed by atoms with Gasteiger partial charge < -0.3 is 17.2 Å². The summed E-state index contributed by atoms with van der Waals surface area (Å²) in [5.41, 5.74) is 16.9. The molecular weight excluding hydrogens is 193 g/mol. The molecule has 0 saturated heterocycles. The maximum atomic E-state index is 13.0. The zero-order chi connectivity index (χ0) is 10.0. The number of anilines is 1. The van der Waals surface area contributed by atoms with E-state index in [2.05, 4.69) is 0 Å². The second kappa shape index (κ2) is 3.91. The molecule has 0 saturated carbocycles. The molecule has 72 valence electrons. The van der Waals surface area contributed by atoms with E-state index in [-0.39, 0.29) is 17.3 Å². The van der Waals surface area contributed by atoms with Crippen molar-refractivity contribution >= 4 is 17.3 Å². The molecule has 0 bridgehead atoms. The van der Waals surface area contributed by atoms with E-state index in [1.807, 2.05) is 0 Å². The van der Waals surface area contributed by atoms with E-state index in [0.29, 0.717) is 5.56 Å². The van der Waals surface area contributed by atoms with Crippen LogP contribution >= 0.6 is 11.6 Å². The van der Waals surface area contributed by atoms with Gasteiger partial charge in [-0.3, -0.25) is 0 Å². The molecule has 0 aliphatic heterocycles. The highest BCUT2D eigenvalue weighted by Gasteiger charge is 2.12. The van der Waals surface area contributed by atoms with E-state index in [0.717, 1.165) is 6.07 Å². The van der Waals surface area contributed by atoms with Crippen LogP contribution in [0, 0.1) is 5.82 Å². The third-order valence-electron chi connectivity index (χ3n) is 1.78. The summed E-state index contributed by atoms with van der Waals surface area (Å²) in [5, 5.41) is 0.269. The average molecular weight is 204 g/mol. The maximum Gasteiger partial charge on any atom is 0.147 e. The predicted molar refractivity (Wildman–Crippen MR) is 51.8 cm³/mol. The summed E-state index contributed by atoms with van der Waals surface area (Å²) >= 11 is 5.63. The van der Waals surface area contributed by atoms with Gasteiger partial charge in [-0.2, -0.15) is 0 Å². The summed E-state index contributed by atoms with van der Waals surface area (Å²) < 4.78 is 13.0. The van der Waals surface area contributed by atoms with Gasteiger partial charge in [0.25, 0.3) is 0 Å². The summed E-state index contributed by atoms with van der Waals surface area (Å²) in [6.07, 6.45) is 0. The monoisotopic (exact) mass is 203 g/mol. The number of benzene rings is 1. The van der Waals surface area contributed by atoms with Gasteiger partial charge in [-0.25, -0.2) is 4.39 Å². The molecule has 1 rings (SSSR count). The largest absolute Gasteiger partial charge is 0.396 e. The summed E-state index contributed by atoms with van der Waals surface area (Å²) in [5.74, 6) is -0.564. The number of hydrogen-bond acceptors (Lipinski definition) is 3. The molecule has 5 heteroatoms. The lowest BCUT2D eigenvalue weighted by Crippen LogP contribution is -2.22. The van der Waals surface area contributed by atoms with Gasteiger partial charge in [-0.05, 0) is 17.7 Å². The number of halogens is 2. The average Bonchev–Trinajstić information content (AvgIpc) is 2.10. The Morgan fingerprint density at radius 3 is 2.62 bits per heavy atom. The van der Waals surface area contributed by atoms with Gasteiger partial charge >= 0.3 is 0 Å². The van der Waals surface area contributed by atoms with Crippen LogP contribution in [0.5, 0.6) is 0 Å². The van der Waals surface area contributed by atoms with E-state index in [1.165, 1.54) is 6.07 Å². The first kappa shape index (κ1) is 10.2. The molecular formula is C8H11ClFN3. The fourth-order valence-electron chi connectivity index (χ4n) is 1.04. The molecule has 0 aliphatic carbocycles. The first-order chi connectivity index (χ1) is 6.06. The minimum absolute atomic E-state index is 0.0161. The number of rotatable bonds is 2. The predicted octanol–water partition coefficient (Wildman–Crippen LogP) is 1.02. The van der Waals surface area contributed by atoms with Crippen LogP contribution in [0.1, 0.15) is 11.6 Å². The van der Waals surface area contributed by atoms with Crippen LogP contribution in [-0.4, -0.2) is 6.54 Å². The highest BCUT2D eigenvalue weighted by Crippen LogP contribution is 2.25. The third kappa shape index (κ3) is 2.09. The molecule has 1 aromatic carbocycles. The van der Waals surface area contributed by atoms with Gasteiger partial charge in [0, 0.05) is 17.6 Å². The zero-order valence-corrected chi connectivity index (χ0v) is 7.68. The number of hydrogen-bond donors (Lipinski definition) is 3. The van der Waals surface area contributed by atoms with E-state index < -0.39 is 11.9 Å². The Hall–Kier alpha value is -0.840. The summed E-state index contributed by atoms with van der Waals surface area (Å²) in [4.78, 5) is 0. The Morgan fingerprint density at radius 1 is 1.46 bits per heavy atom. The van der Waals surface area contributed by atoms with Crippen molar-refractivity contribution in [2.24, 2.45) is 11.5 Å². The van der Waals surface area contributed by atoms with Crippen molar-refractivity contribution in [1.82, 2.24) is 0 Å². The summed E-state index contributed by atoms with van der Waals surface area (Å²) in [7, 11) is 0. The summed E-state index contributed by atoms with van der Waals surface area (Å²) in [6.45, 7) is 0.198. The van der Waals surface area contributed by atoms with Gasteiger partial charge in [0.05, 0.1) is 5.69 Å². The molecule has 0 radical (unpaired) electrons. The van der Waals surface area contributed by atoms with Crippen LogP contribution < -0.4 is 17.2 Å². The topological polar surface area (TPSA) is 78.1 Å². The van der Waals surface area contributed by atoms with E-state index in [9.17, 15) is 4.39 Å². The van der Waals surface area contributed by atoms with Gasteiger partial charge in [0.15, 0.2) is 0 Å². The summed E-state index contributed by atoms with van der Waals surface area (Å²) in [6, 6.07) is 2.19. The highest BCUT2D eigenvalue weighted by molar-refractivity contribution is 6.30. The Morgan fingerprint density at radius 2 is 2.08 bits per heavy atom. The van der Waals surface area contributed by atoms with Crippen LogP contribution in [0.15, 0.2) is 12.1 Å². The lowest BCUT2D eigenvalue weighted by Gasteiger charge is -2.12. The molecule has 13 heavy (non-hydrogen) atoms. The van der Waals surface area contributed by atoms with Gasteiger partial charge in [0.2, 0.25) is 0 Å². The molecule has 0 heterocycles. The van der Waals surface area contributed by atoms with Crippen molar-refractivity contribution in [3.05, 3.63) is 28.5 Å². The van der Waals surface area contributed by atoms with Crippen molar-refractivity contribution in [3.63, 3.8) is 0 Å². The van der Waals surface area contributed by atoms with Crippen molar-refractivity contribution in [1.29, 1.82) is 0 Å². The fourth-order valence-corrected chi connectivity index (χ4v) is 1.25. The standard InChI is InChI=1S/C8H11ClFN3/c9-4-1-5(7(12)3-11)8(13)6(10)2-4/h1-2,7H,3,11-13H2/t7-/m0/s1. The maximum absolute atomic E-state index is 13.0. The van der Waals surface area contributed by atoms with Gasteiger partial charge in [0.1, 0.15) is 5.82 Å². The second-order valence-corrected chi connectivity index (χ2v) is 3.17. The van der Waals surface area contributed by atoms with Crippen molar-refractivity contribution in [2.75, 3.05) is 12.3 Å². The van der Waals surface area contributed by atoms with E-state index in [1.54, 1.807) is 0 Å². The quantitative estimate of drug-likeness (QED) is 0.628. The molecule has 6 N–H and O–H groups in total. The smallest absolute Gasteiger partial charge is 0.147 e. The van der Waals surface area contributed by atoms with Crippen molar-refractivity contribution < 1.29 is 4.39 Å². The first-order valence-corrected chi connectivity index (χ1v) is 4.14. The molecule has 0 unspecified atom stereocenters. The lowest BCUT2D eigenvalue weighted by molar-refractivity contribution is 0.626. The van der Waals surface area contributed by atoms with Crippen LogP contribution in [0.3, 0.4) is 0 Å². The Labute approximate surface area is 80.6 Å². The van der Waals surface area contributed by atoms with E-state index in [4.69, 9.17) is 28.8 Å². The molecule has 0 spiro atoms. The third-order valence-corrected chi connectivity index (χ3v) is 2.00. The van der Waals surface area contributed by atoms with Crippen LogP contribution in [0.4, 0.5) is 10.1 Å². The Balaban J connectivity index is 3.20. The molecule has 1 atom stereocenters. The SMILES string of the molecule is NC[C@H](N)c1cc(Cl)cc(F)c1N. The van der Waals surface area contributed by atoms with Crippen LogP contribution in [0.25, 0.3) is 0 Å². The first-order valence-electron chi connectivity index (χ1n) is 3.76. The molecule has 0 amide bonds. The highest BCUT2D eigenvalue weighted by atomic mass is 35.5. The van der Waals surface area contributed by atoms with Crippen molar-refractivity contribution in [2.45, 2.75) is 6.04 Å². The normalized spacial score (nSPS) is 12.9. The van der Waals surface area contributed by atoms with Crippen molar-refractivity contribution in [3.8, 4) is 0 Å². The van der Waals surface area contributed by atoms with Gasteiger partial charge in [-0.15, -0.1) is 0 Å². The zero-order valence-electron chi connectivity index (χ0n) is 6.93. The number of nitrogen functional groups attached to an aromatic ring is 1. The minimum atomic E-state index is -0.564. The second-order valence-electron chi connectivity index (χ2n) is 2.73. The van der Waals surface area contributed by atoms with Crippen LogP contribution in [-0.2, 0) is 0 Å². The van der Waals surface area contributed by atoms with Crippen LogP contribution in [0.2, 0.25) is 5.02 Å². The lowest BCUT2D eigenvalue weighted by atomic mass is 10.1. The minimum Gasteiger partial charge on any atom is -0.396 e. The molecule has 0 fully saturated rings. The number of nitrogens with two attached hydrogens (primary N) is 3. The fraction of sp³-hybridized carbons (Fsp3) is 0.250. The Kier molecular flexibility index (Phi) is 3.08. The van der Waals surface area contributed by atoms with E-state index >= 15 is 0 Å². The Bertz CT molecular complexity index is 317.